The van der Waals surface area contributed by atoms with E-state index in [1.807, 2.05) is 54.6 Å². The minimum absolute atomic E-state index is 0.459. The van der Waals surface area contributed by atoms with Crippen molar-refractivity contribution in [2.24, 2.45) is 8.73 Å². The summed E-state index contributed by atoms with van der Waals surface area (Å²) in [5.41, 5.74) is 1.69. The summed E-state index contributed by atoms with van der Waals surface area (Å²) in [6, 6.07) is 23.7. The van der Waals surface area contributed by atoms with Crippen LogP contribution < -0.4 is 0 Å². The molecule has 0 radical (unpaired) electrons. The molecule has 0 aliphatic heterocycles. The van der Waals surface area contributed by atoms with E-state index in [1.165, 1.54) is 0 Å². The molecule has 0 aliphatic carbocycles. The molecule has 2 aromatic carbocycles. The van der Waals surface area contributed by atoms with E-state index in [-0.39, 0.29) is 0 Å². The van der Waals surface area contributed by atoms with Crippen molar-refractivity contribution in [3.05, 3.63) is 84.1 Å². The standard InChI is InChI=1S/C18H16ClN3S/c1-23(17-10-6-3-7-11-17,21-15-8-4-2-5-9-15)22-16-12-13-18(19)20-14-16/h2-14H,1H3. The molecule has 0 bridgehead atoms. The third-order valence-electron chi connectivity index (χ3n) is 3.22. The van der Waals surface area contributed by atoms with Crippen LogP contribution in [0.4, 0.5) is 11.4 Å². The summed E-state index contributed by atoms with van der Waals surface area (Å²) in [4.78, 5) is 5.20. The van der Waals surface area contributed by atoms with Gasteiger partial charge in [0.25, 0.3) is 0 Å². The second-order valence-electron chi connectivity index (χ2n) is 5.00. The van der Waals surface area contributed by atoms with Gasteiger partial charge in [0.1, 0.15) is 5.15 Å². The number of hydrogen-bond acceptors (Lipinski definition) is 3. The molecular weight excluding hydrogens is 326 g/mol. The van der Waals surface area contributed by atoms with Crippen LogP contribution in [-0.2, 0) is 9.62 Å². The number of aromatic nitrogens is 1. The van der Waals surface area contributed by atoms with Crippen molar-refractivity contribution < 1.29 is 0 Å². The molecular formula is C18H16ClN3S. The number of benzene rings is 2. The highest BCUT2D eigenvalue weighted by molar-refractivity contribution is 7.95. The van der Waals surface area contributed by atoms with Crippen molar-refractivity contribution in [3.8, 4) is 0 Å². The summed E-state index contributed by atoms with van der Waals surface area (Å²) in [6.07, 6.45) is 3.75. The van der Waals surface area contributed by atoms with E-state index in [2.05, 4.69) is 23.4 Å². The molecule has 0 spiro atoms. The zero-order valence-corrected chi connectivity index (χ0v) is 14.2. The summed E-state index contributed by atoms with van der Waals surface area (Å²) in [5, 5.41) is 0.459. The van der Waals surface area contributed by atoms with Crippen molar-refractivity contribution >= 4 is 32.6 Å². The van der Waals surface area contributed by atoms with Gasteiger partial charge in [0, 0.05) is 11.2 Å². The first-order chi connectivity index (χ1) is 11.2. The Bertz CT molecular complexity index is 898. The summed E-state index contributed by atoms with van der Waals surface area (Å²) < 4.78 is 9.83. The normalized spacial score (nSPS) is 13.1. The predicted octanol–water partition coefficient (Wildman–Crippen LogP) is 5.91. The fraction of sp³-hybridized carbons (Fsp3) is 0.0556. The van der Waals surface area contributed by atoms with Gasteiger partial charge < -0.3 is 0 Å². The third kappa shape index (κ3) is 3.97. The maximum Gasteiger partial charge on any atom is 0.129 e. The Kier molecular flexibility index (Phi) is 4.74. The number of pyridine rings is 1. The first-order valence-electron chi connectivity index (χ1n) is 7.12. The van der Waals surface area contributed by atoms with Gasteiger partial charge in [-0.1, -0.05) is 48.0 Å². The average Bonchev–Trinajstić information content (AvgIpc) is 2.59. The topological polar surface area (TPSA) is 37.6 Å². The quantitative estimate of drug-likeness (QED) is 0.546. The van der Waals surface area contributed by atoms with Crippen molar-refractivity contribution in [1.29, 1.82) is 0 Å². The first-order valence-corrected chi connectivity index (χ1v) is 9.45. The summed E-state index contributed by atoms with van der Waals surface area (Å²) in [7, 11) is -1.77. The van der Waals surface area contributed by atoms with Gasteiger partial charge in [-0.15, -0.1) is 0 Å². The van der Waals surface area contributed by atoms with Crippen LogP contribution in [-0.4, -0.2) is 11.2 Å². The van der Waals surface area contributed by atoms with Gasteiger partial charge in [-0.25, -0.2) is 13.7 Å². The average molecular weight is 342 g/mol. The number of nitrogens with zero attached hydrogens (tertiary/aromatic N) is 3. The molecule has 5 heteroatoms. The van der Waals surface area contributed by atoms with Crippen molar-refractivity contribution in [3.63, 3.8) is 0 Å². The van der Waals surface area contributed by atoms with E-state index in [9.17, 15) is 0 Å². The van der Waals surface area contributed by atoms with Crippen LogP contribution in [0.15, 0.2) is 92.6 Å². The zero-order chi connectivity index (χ0) is 16.1. The first kappa shape index (κ1) is 15.7. The lowest BCUT2D eigenvalue weighted by Crippen LogP contribution is -1.96. The van der Waals surface area contributed by atoms with Crippen LogP contribution in [0.1, 0.15) is 0 Å². The Morgan fingerprint density at radius 2 is 1.39 bits per heavy atom. The molecule has 3 aromatic rings. The minimum Gasteiger partial charge on any atom is -0.242 e. The number of rotatable bonds is 3. The van der Waals surface area contributed by atoms with Crippen LogP contribution in [0, 0.1) is 0 Å². The van der Waals surface area contributed by atoms with Crippen LogP contribution in [0.25, 0.3) is 0 Å². The van der Waals surface area contributed by atoms with Crippen molar-refractivity contribution in [1.82, 2.24) is 4.98 Å². The van der Waals surface area contributed by atoms with Gasteiger partial charge in [0.15, 0.2) is 0 Å². The van der Waals surface area contributed by atoms with Gasteiger partial charge in [-0.05, 0) is 46.0 Å². The lowest BCUT2D eigenvalue weighted by atomic mass is 10.3. The lowest BCUT2D eigenvalue weighted by molar-refractivity contribution is 1.31. The molecule has 0 saturated carbocycles. The summed E-state index contributed by atoms with van der Waals surface area (Å²) in [6.45, 7) is 0. The Balaban J connectivity index is 2.22. The second kappa shape index (κ2) is 6.94. The fourth-order valence-corrected chi connectivity index (χ4v) is 4.21. The van der Waals surface area contributed by atoms with Gasteiger partial charge >= 0.3 is 0 Å². The SMILES string of the molecule is CS(=Nc1ccccc1)(=Nc1ccc(Cl)nc1)c1ccccc1. The van der Waals surface area contributed by atoms with Crippen molar-refractivity contribution in [2.75, 3.05) is 6.26 Å². The Morgan fingerprint density at radius 3 is 2.00 bits per heavy atom. The molecule has 0 saturated heterocycles. The Morgan fingerprint density at radius 1 is 0.783 bits per heavy atom. The zero-order valence-electron chi connectivity index (χ0n) is 12.6. The van der Waals surface area contributed by atoms with Crippen LogP contribution in [0.2, 0.25) is 5.15 Å². The van der Waals surface area contributed by atoms with Crippen LogP contribution in [0.5, 0.6) is 0 Å². The van der Waals surface area contributed by atoms with Crippen LogP contribution in [0.3, 0.4) is 0 Å². The molecule has 1 aromatic heterocycles. The predicted molar refractivity (Wildman–Crippen MR) is 97.9 cm³/mol. The van der Waals surface area contributed by atoms with Crippen LogP contribution >= 0.6 is 11.6 Å². The number of hydrogen-bond donors (Lipinski definition) is 0. The molecule has 0 aliphatic rings. The maximum atomic E-state index is 5.86. The Hall–Kier alpha value is -2.17. The van der Waals surface area contributed by atoms with Crippen molar-refractivity contribution in [2.45, 2.75) is 4.90 Å². The largest absolute Gasteiger partial charge is 0.242 e. The second-order valence-corrected chi connectivity index (χ2v) is 7.89. The highest BCUT2D eigenvalue weighted by Crippen LogP contribution is 2.25. The van der Waals surface area contributed by atoms with Gasteiger partial charge in [0.2, 0.25) is 0 Å². The molecule has 23 heavy (non-hydrogen) atoms. The van der Waals surface area contributed by atoms with Gasteiger partial charge in [0.05, 0.1) is 17.6 Å². The third-order valence-corrected chi connectivity index (χ3v) is 5.75. The fourth-order valence-electron chi connectivity index (χ4n) is 2.13. The van der Waals surface area contributed by atoms with E-state index in [1.54, 1.807) is 12.3 Å². The Labute approximate surface area is 141 Å². The molecule has 1 atom stereocenters. The molecule has 1 heterocycles. The molecule has 0 N–H and O–H groups in total. The van der Waals surface area contributed by atoms with E-state index in [0.29, 0.717) is 5.15 Å². The van der Waals surface area contributed by atoms with Gasteiger partial charge in [-0.3, -0.25) is 0 Å². The summed E-state index contributed by atoms with van der Waals surface area (Å²) in [5.74, 6) is 0. The minimum atomic E-state index is -1.77. The lowest BCUT2D eigenvalue weighted by Gasteiger charge is -2.11. The van der Waals surface area contributed by atoms with Gasteiger partial charge in [-0.2, -0.15) is 0 Å². The maximum absolute atomic E-state index is 5.86. The molecule has 3 nitrogen and oxygen atoms in total. The van der Waals surface area contributed by atoms with E-state index >= 15 is 0 Å². The highest BCUT2D eigenvalue weighted by atomic mass is 35.5. The van der Waals surface area contributed by atoms with E-state index in [0.717, 1.165) is 16.3 Å². The molecule has 1 unspecified atom stereocenters. The molecule has 0 amide bonds. The molecule has 3 rings (SSSR count). The smallest absolute Gasteiger partial charge is 0.129 e. The highest BCUT2D eigenvalue weighted by Gasteiger charge is 2.06. The summed E-state index contributed by atoms with van der Waals surface area (Å²) >= 11 is 5.86. The van der Waals surface area contributed by atoms with E-state index < -0.39 is 9.62 Å². The number of halogens is 1. The molecule has 0 fully saturated rings. The monoisotopic (exact) mass is 341 g/mol. The van der Waals surface area contributed by atoms with E-state index in [4.69, 9.17) is 20.3 Å². The molecule has 116 valence electrons.